The Morgan fingerprint density at radius 3 is 1.98 bits per heavy atom. The number of carbonyl (C=O) groups excluding carboxylic acids is 4. The SMILES string of the molecule is CCN(C1CCC(C(=O)OC)CC1)S(=O)(=O)c1cccc(C(=O)Nc2ccc(N3CCCCC3)nc2C(=O)Nc2ccc(CCc3ccc(C(=O)NC(CO)(CO)CO)cc3)cc2)c1. The molecule has 2 aliphatic rings. The van der Waals surface area contributed by atoms with Crippen LogP contribution in [0.3, 0.4) is 0 Å². The summed E-state index contributed by atoms with van der Waals surface area (Å²) in [6.07, 6.45) is 6.47. The van der Waals surface area contributed by atoms with Crippen LogP contribution in [0.25, 0.3) is 0 Å². The van der Waals surface area contributed by atoms with Gasteiger partial charge in [-0.15, -0.1) is 0 Å². The van der Waals surface area contributed by atoms with Gasteiger partial charge in [-0.05, 0) is 124 Å². The Bertz CT molecular complexity index is 2350. The summed E-state index contributed by atoms with van der Waals surface area (Å²) in [6, 6.07) is 23.2. The molecule has 17 heteroatoms. The summed E-state index contributed by atoms with van der Waals surface area (Å²) in [7, 11) is -2.66. The minimum atomic E-state index is -4.01. The van der Waals surface area contributed by atoms with E-state index in [9.17, 15) is 42.9 Å². The number of hydrogen-bond donors (Lipinski definition) is 6. The minimum Gasteiger partial charge on any atom is -0.469 e. The van der Waals surface area contributed by atoms with Crippen LogP contribution in [0.1, 0.15) is 94.2 Å². The maximum atomic E-state index is 14.0. The molecular formula is C47H58N6O10S. The van der Waals surface area contributed by atoms with Crippen LogP contribution in [0, 0.1) is 5.92 Å². The van der Waals surface area contributed by atoms with Gasteiger partial charge < -0.3 is 40.9 Å². The highest BCUT2D eigenvalue weighted by Gasteiger charge is 2.36. The highest BCUT2D eigenvalue weighted by molar-refractivity contribution is 7.89. The molecule has 0 bridgehead atoms. The molecule has 64 heavy (non-hydrogen) atoms. The van der Waals surface area contributed by atoms with Crippen LogP contribution in [0.4, 0.5) is 17.2 Å². The zero-order valence-electron chi connectivity index (χ0n) is 36.3. The minimum absolute atomic E-state index is 0.00380. The molecule has 2 heterocycles. The lowest BCUT2D eigenvalue weighted by atomic mass is 9.86. The molecule has 1 aliphatic heterocycles. The van der Waals surface area contributed by atoms with Crippen LogP contribution in [0.2, 0.25) is 0 Å². The predicted molar refractivity (Wildman–Crippen MR) is 242 cm³/mol. The number of anilines is 3. The number of methoxy groups -OCH3 is 1. The Kier molecular flexibility index (Phi) is 16.2. The molecule has 3 aromatic carbocycles. The summed E-state index contributed by atoms with van der Waals surface area (Å²) in [5, 5.41) is 36.8. The van der Waals surface area contributed by atoms with E-state index in [1.54, 1.807) is 43.3 Å². The molecule has 0 atom stereocenters. The first-order chi connectivity index (χ1) is 30.8. The number of benzene rings is 3. The van der Waals surface area contributed by atoms with Gasteiger partial charge in [-0.2, -0.15) is 4.31 Å². The van der Waals surface area contributed by atoms with E-state index in [2.05, 4.69) is 20.9 Å². The molecule has 342 valence electrons. The largest absolute Gasteiger partial charge is 0.469 e. The zero-order chi connectivity index (χ0) is 45.9. The van der Waals surface area contributed by atoms with Crippen molar-refractivity contribution in [3.05, 3.63) is 113 Å². The third-order valence-electron chi connectivity index (χ3n) is 12.1. The number of aromatic nitrogens is 1. The Hall–Kier alpha value is -5.72. The molecule has 0 unspecified atom stereocenters. The van der Waals surface area contributed by atoms with Gasteiger partial charge in [0.25, 0.3) is 17.7 Å². The van der Waals surface area contributed by atoms with E-state index in [0.29, 0.717) is 55.6 Å². The summed E-state index contributed by atoms with van der Waals surface area (Å²) >= 11 is 0. The van der Waals surface area contributed by atoms with Crippen molar-refractivity contribution in [2.45, 2.75) is 81.2 Å². The number of aryl methyl sites for hydroxylation is 2. The summed E-state index contributed by atoms with van der Waals surface area (Å²) in [4.78, 5) is 59.4. The Balaban J connectivity index is 1.13. The molecule has 1 saturated carbocycles. The number of nitrogens with zero attached hydrogens (tertiary/aromatic N) is 3. The average Bonchev–Trinajstić information content (AvgIpc) is 3.33. The fraction of sp³-hybridized carbons (Fsp3) is 0.426. The third-order valence-corrected chi connectivity index (χ3v) is 14.1. The summed E-state index contributed by atoms with van der Waals surface area (Å²) in [5.41, 5.74) is 1.49. The van der Waals surface area contributed by atoms with Crippen LogP contribution in [0.5, 0.6) is 0 Å². The Labute approximate surface area is 374 Å². The topological polar surface area (TPSA) is 228 Å². The van der Waals surface area contributed by atoms with E-state index in [-0.39, 0.29) is 46.3 Å². The zero-order valence-corrected chi connectivity index (χ0v) is 37.1. The smallest absolute Gasteiger partial charge is 0.308 e. The van der Waals surface area contributed by atoms with Crippen molar-refractivity contribution in [1.82, 2.24) is 14.6 Å². The molecule has 4 aromatic rings. The van der Waals surface area contributed by atoms with Gasteiger partial charge in [0.05, 0.1) is 43.4 Å². The Morgan fingerprint density at radius 2 is 1.39 bits per heavy atom. The number of aliphatic hydroxyl groups excluding tert-OH is 3. The lowest BCUT2D eigenvalue weighted by molar-refractivity contribution is -0.146. The van der Waals surface area contributed by atoms with Crippen molar-refractivity contribution < 1.29 is 47.7 Å². The van der Waals surface area contributed by atoms with Crippen LogP contribution >= 0.6 is 0 Å². The van der Waals surface area contributed by atoms with Crippen molar-refractivity contribution >= 4 is 50.9 Å². The lowest BCUT2D eigenvalue weighted by Crippen LogP contribution is -2.57. The van der Waals surface area contributed by atoms with Gasteiger partial charge >= 0.3 is 5.97 Å². The number of carbonyl (C=O) groups is 4. The number of hydrogen-bond acceptors (Lipinski definition) is 12. The number of ether oxygens (including phenoxy) is 1. The van der Waals surface area contributed by atoms with Gasteiger partial charge in [0, 0.05) is 42.5 Å². The fourth-order valence-electron chi connectivity index (χ4n) is 8.18. The van der Waals surface area contributed by atoms with Crippen LogP contribution in [-0.2, 0) is 32.4 Å². The molecule has 16 nitrogen and oxygen atoms in total. The molecule has 1 saturated heterocycles. The first kappa shape index (κ1) is 47.8. The van der Waals surface area contributed by atoms with Crippen LogP contribution in [-0.4, -0.2) is 115 Å². The fourth-order valence-corrected chi connectivity index (χ4v) is 9.92. The van der Waals surface area contributed by atoms with E-state index in [4.69, 9.17) is 9.72 Å². The number of pyridine rings is 1. The highest BCUT2D eigenvalue weighted by atomic mass is 32.2. The van der Waals surface area contributed by atoms with Gasteiger partial charge in [0.1, 0.15) is 11.4 Å². The molecule has 6 N–H and O–H groups in total. The van der Waals surface area contributed by atoms with E-state index in [1.165, 1.54) is 35.7 Å². The summed E-state index contributed by atoms with van der Waals surface area (Å²) in [5.74, 6) is -1.63. The van der Waals surface area contributed by atoms with Crippen molar-refractivity contribution in [3.63, 3.8) is 0 Å². The first-order valence-electron chi connectivity index (χ1n) is 21.7. The van der Waals surface area contributed by atoms with E-state index in [0.717, 1.165) is 43.5 Å². The quantitative estimate of drug-likeness (QED) is 0.0757. The van der Waals surface area contributed by atoms with Gasteiger partial charge in [-0.25, -0.2) is 13.4 Å². The number of rotatable bonds is 18. The van der Waals surface area contributed by atoms with Gasteiger partial charge in [0.2, 0.25) is 10.0 Å². The molecule has 3 amide bonds. The maximum Gasteiger partial charge on any atom is 0.308 e. The van der Waals surface area contributed by atoms with Crippen molar-refractivity contribution in [2.24, 2.45) is 5.92 Å². The number of piperidine rings is 1. The lowest BCUT2D eigenvalue weighted by Gasteiger charge is -2.34. The van der Waals surface area contributed by atoms with Gasteiger partial charge in [0.15, 0.2) is 5.69 Å². The highest BCUT2D eigenvalue weighted by Crippen LogP contribution is 2.32. The first-order valence-corrected chi connectivity index (χ1v) is 23.2. The monoisotopic (exact) mass is 898 g/mol. The van der Waals surface area contributed by atoms with Crippen LogP contribution < -0.4 is 20.9 Å². The molecule has 1 aromatic heterocycles. The van der Waals surface area contributed by atoms with Crippen molar-refractivity contribution in [1.29, 1.82) is 0 Å². The predicted octanol–water partition coefficient (Wildman–Crippen LogP) is 4.55. The van der Waals surface area contributed by atoms with E-state index in [1.807, 2.05) is 24.3 Å². The molecule has 0 spiro atoms. The van der Waals surface area contributed by atoms with Gasteiger partial charge in [-0.1, -0.05) is 37.3 Å². The normalized spacial score (nSPS) is 16.8. The average molecular weight is 899 g/mol. The molecule has 2 fully saturated rings. The number of aliphatic hydroxyl groups is 3. The maximum absolute atomic E-state index is 14.0. The number of nitrogens with one attached hydrogen (secondary N) is 3. The van der Waals surface area contributed by atoms with E-state index >= 15 is 0 Å². The van der Waals surface area contributed by atoms with Crippen molar-refractivity contribution in [2.75, 3.05) is 62.1 Å². The molecule has 0 radical (unpaired) electrons. The molecule has 6 rings (SSSR count). The second-order valence-corrected chi connectivity index (χ2v) is 18.3. The second kappa shape index (κ2) is 21.8. The van der Waals surface area contributed by atoms with Crippen LogP contribution in [0.15, 0.2) is 89.8 Å². The summed E-state index contributed by atoms with van der Waals surface area (Å²) < 4.78 is 34.3. The number of amides is 3. The van der Waals surface area contributed by atoms with Crippen molar-refractivity contribution in [3.8, 4) is 0 Å². The van der Waals surface area contributed by atoms with Gasteiger partial charge in [-0.3, -0.25) is 19.2 Å². The standard InChI is InChI=1S/C47H58N6O10S/c1-3-53(38-22-18-35(19-23-38)46(60)63-2)64(61,62)39-9-7-8-36(28-39)43(57)49-40-24-25-41(52-26-5-4-6-27-52)50-42(40)45(59)48-37-20-14-33(15-21-37)11-10-32-12-16-34(17-13-32)44(58)51-47(29-54,30-55)31-56/h7-9,12-17,20-21,24-25,28,35,38,54-56H,3-6,10-11,18-19,22-23,26-27,29-31H2,1-2H3,(H,48,59)(H,49,57)(H,51,58). The third kappa shape index (κ3) is 11.5. The number of sulfonamides is 1. The Morgan fingerprint density at radius 1 is 0.766 bits per heavy atom. The molecule has 1 aliphatic carbocycles. The summed E-state index contributed by atoms with van der Waals surface area (Å²) in [6.45, 7) is 1.69. The number of esters is 1. The van der Waals surface area contributed by atoms with E-state index < -0.39 is 53.1 Å². The second-order valence-electron chi connectivity index (χ2n) is 16.4. The molecular weight excluding hydrogens is 841 g/mol.